The molecule has 2 aromatic heterocycles. The molecule has 0 unspecified atom stereocenters. The highest BCUT2D eigenvalue weighted by Crippen LogP contribution is 2.20. The van der Waals surface area contributed by atoms with Crippen LogP contribution in [0.1, 0.15) is 30.2 Å². The zero-order valence-corrected chi connectivity index (χ0v) is 12.8. The van der Waals surface area contributed by atoms with Gasteiger partial charge in [-0.25, -0.2) is 9.67 Å². The summed E-state index contributed by atoms with van der Waals surface area (Å²) < 4.78 is 1.72. The second-order valence-corrected chi connectivity index (χ2v) is 5.29. The smallest absolute Gasteiger partial charge is 0.256 e. The SMILES string of the molecule is CC(C)n1nnnc1-c1cccc(C(=O)Nc2ccccn2)c1. The Morgan fingerprint density at radius 3 is 2.78 bits per heavy atom. The first-order valence-corrected chi connectivity index (χ1v) is 7.26. The molecule has 3 aromatic rings. The number of hydrogen-bond donors (Lipinski definition) is 1. The van der Waals surface area contributed by atoms with E-state index in [2.05, 4.69) is 25.8 Å². The van der Waals surface area contributed by atoms with Gasteiger partial charge in [0.25, 0.3) is 5.91 Å². The van der Waals surface area contributed by atoms with E-state index in [0.29, 0.717) is 17.2 Å². The first kappa shape index (κ1) is 14.8. The number of benzene rings is 1. The van der Waals surface area contributed by atoms with Crippen LogP contribution in [0.15, 0.2) is 48.7 Å². The van der Waals surface area contributed by atoms with Gasteiger partial charge in [-0.05, 0) is 48.5 Å². The van der Waals surface area contributed by atoms with Crippen LogP contribution in [-0.2, 0) is 0 Å². The second kappa shape index (κ2) is 6.35. The van der Waals surface area contributed by atoms with E-state index in [1.165, 1.54) is 0 Å². The Morgan fingerprint density at radius 1 is 1.17 bits per heavy atom. The first-order chi connectivity index (χ1) is 11.1. The standard InChI is InChI=1S/C16H16N6O/c1-11(2)22-15(19-20-21-22)12-6-5-7-13(10-12)16(23)18-14-8-3-4-9-17-14/h3-11H,1-2H3,(H,17,18,23). The molecule has 2 heterocycles. The minimum atomic E-state index is -0.228. The normalized spacial score (nSPS) is 10.7. The minimum absolute atomic E-state index is 0.131. The summed E-state index contributed by atoms with van der Waals surface area (Å²) in [5, 5.41) is 14.5. The topological polar surface area (TPSA) is 85.6 Å². The van der Waals surface area contributed by atoms with Crippen LogP contribution in [0.5, 0.6) is 0 Å². The van der Waals surface area contributed by atoms with E-state index in [9.17, 15) is 4.79 Å². The molecule has 0 saturated carbocycles. The molecule has 0 atom stereocenters. The number of rotatable bonds is 4. The number of carbonyl (C=O) groups is 1. The van der Waals surface area contributed by atoms with Crippen LogP contribution in [-0.4, -0.2) is 31.1 Å². The molecular weight excluding hydrogens is 292 g/mol. The Balaban J connectivity index is 1.88. The van der Waals surface area contributed by atoms with Gasteiger partial charge in [-0.15, -0.1) is 5.10 Å². The van der Waals surface area contributed by atoms with Crippen LogP contribution in [0.3, 0.4) is 0 Å². The van der Waals surface area contributed by atoms with Gasteiger partial charge in [-0.1, -0.05) is 18.2 Å². The summed E-state index contributed by atoms with van der Waals surface area (Å²) in [6.07, 6.45) is 1.63. The fourth-order valence-corrected chi connectivity index (χ4v) is 2.16. The molecule has 0 spiro atoms. The number of nitrogens with one attached hydrogen (secondary N) is 1. The van der Waals surface area contributed by atoms with Crippen molar-refractivity contribution >= 4 is 11.7 Å². The number of carbonyl (C=O) groups excluding carboxylic acids is 1. The van der Waals surface area contributed by atoms with Gasteiger partial charge in [-0.3, -0.25) is 4.79 Å². The molecule has 0 aliphatic rings. The first-order valence-electron chi connectivity index (χ1n) is 7.26. The van der Waals surface area contributed by atoms with Crippen LogP contribution in [0.2, 0.25) is 0 Å². The number of hydrogen-bond acceptors (Lipinski definition) is 5. The Kier molecular flexibility index (Phi) is 4.09. The number of amides is 1. The monoisotopic (exact) mass is 308 g/mol. The lowest BCUT2D eigenvalue weighted by atomic mass is 10.1. The molecule has 1 aromatic carbocycles. The van der Waals surface area contributed by atoms with Crippen molar-refractivity contribution in [3.63, 3.8) is 0 Å². The Bertz CT molecular complexity index is 812. The predicted molar refractivity (Wildman–Crippen MR) is 85.8 cm³/mol. The fourth-order valence-electron chi connectivity index (χ4n) is 2.16. The zero-order valence-electron chi connectivity index (χ0n) is 12.8. The molecule has 0 radical (unpaired) electrons. The van der Waals surface area contributed by atoms with Gasteiger partial charge in [0.1, 0.15) is 5.82 Å². The molecule has 0 saturated heterocycles. The van der Waals surface area contributed by atoms with E-state index in [1.807, 2.05) is 32.0 Å². The van der Waals surface area contributed by atoms with E-state index >= 15 is 0 Å². The fraction of sp³-hybridized carbons (Fsp3) is 0.188. The third kappa shape index (κ3) is 3.23. The van der Waals surface area contributed by atoms with Gasteiger partial charge in [-0.2, -0.15) is 0 Å². The van der Waals surface area contributed by atoms with Gasteiger partial charge in [0.2, 0.25) is 0 Å². The van der Waals surface area contributed by atoms with Crippen molar-refractivity contribution in [2.24, 2.45) is 0 Å². The minimum Gasteiger partial charge on any atom is -0.307 e. The lowest BCUT2D eigenvalue weighted by molar-refractivity contribution is 0.102. The summed E-state index contributed by atoms with van der Waals surface area (Å²) in [5.74, 6) is 0.913. The largest absolute Gasteiger partial charge is 0.307 e. The van der Waals surface area contributed by atoms with E-state index in [0.717, 1.165) is 5.56 Å². The van der Waals surface area contributed by atoms with Crippen LogP contribution in [0, 0.1) is 0 Å². The van der Waals surface area contributed by atoms with Gasteiger partial charge < -0.3 is 5.32 Å². The van der Waals surface area contributed by atoms with Crippen molar-refractivity contribution in [3.8, 4) is 11.4 Å². The number of anilines is 1. The molecule has 0 bridgehead atoms. The molecule has 3 rings (SSSR count). The van der Waals surface area contributed by atoms with Crippen molar-refractivity contribution in [3.05, 3.63) is 54.2 Å². The van der Waals surface area contributed by atoms with Crippen LogP contribution >= 0.6 is 0 Å². The van der Waals surface area contributed by atoms with E-state index in [1.54, 1.807) is 35.1 Å². The van der Waals surface area contributed by atoms with Crippen molar-refractivity contribution in [2.45, 2.75) is 19.9 Å². The molecule has 1 amide bonds. The summed E-state index contributed by atoms with van der Waals surface area (Å²) in [6, 6.07) is 12.7. The van der Waals surface area contributed by atoms with Gasteiger partial charge in [0.05, 0.1) is 6.04 Å². The lowest BCUT2D eigenvalue weighted by Gasteiger charge is -2.09. The molecular formula is C16H16N6O. The molecule has 0 aliphatic heterocycles. The maximum Gasteiger partial charge on any atom is 0.256 e. The van der Waals surface area contributed by atoms with Crippen molar-refractivity contribution in [1.29, 1.82) is 0 Å². The maximum absolute atomic E-state index is 12.3. The number of pyridine rings is 1. The highest BCUT2D eigenvalue weighted by atomic mass is 16.1. The molecule has 7 heteroatoms. The number of tetrazole rings is 1. The predicted octanol–water partition coefficient (Wildman–Crippen LogP) is 2.57. The Hall–Kier alpha value is -3.09. The third-order valence-corrected chi connectivity index (χ3v) is 3.27. The number of nitrogens with zero attached hydrogens (tertiary/aromatic N) is 5. The highest BCUT2D eigenvalue weighted by Gasteiger charge is 2.14. The molecule has 0 aliphatic carbocycles. The van der Waals surface area contributed by atoms with E-state index in [4.69, 9.17) is 0 Å². The van der Waals surface area contributed by atoms with Crippen molar-refractivity contribution in [1.82, 2.24) is 25.2 Å². The molecule has 23 heavy (non-hydrogen) atoms. The van der Waals surface area contributed by atoms with Gasteiger partial charge in [0, 0.05) is 17.3 Å². The average Bonchev–Trinajstić information content (AvgIpc) is 3.06. The van der Waals surface area contributed by atoms with Crippen LogP contribution in [0.25, 0.3) is 11.4 Å². The maximum atomic E-state index is 12.3. The summed E-state index contributed by atoms with van der Waals surface area (Å²) in [6.45, 7) is 4.00. The summed E-state index contributed by atoms with van der Waals surface area (Å²) >= 11 is 0. The van der Waals surface area contributed by atoms with Crippen LogP contribution in [0.4, 0.5) is 5.82 Å². The van der Waals surface area contributed by atoms with E-state index in [-0.39, 0.29) is 11.9 Å². The average molecular weight is 308 g/mol. The Labute approximate surface area is 133 Å². The molecule has 1 N–H and O–H groups in total. The quantitative estimate of drug-likeness (QED) is 0.800. The summed E-state index contributed by atoms with van der Waals surface area (Å²) in [7, 11) is 0. The summed E-state index contributed by atoms with van der Waals surface area (Å²) in [5.41, 5.74) is 1.31. The summed E-state index contributed by atoms with van der Waals surface area (Å²) in [4.78, 5) is 16.4. The second-order valence-electron chi connectivity index (χ2n) is 5.29. The lowest BCUT2D eigenvalue weighted by Crippen LogP contribution is -2.13. The number of aromatic nitrogens is 5. The van der Waals surface area contributed by atoms with Crippen molar-refractivity contribution < 1.29 is 4.79 Å². The molecule has 7 nitrogen and oxygen atoms in total. The van der Waals surface area contributed by atoms with Gasteiger partial charge in [0.15, 0.2) is 5.82 Å². The van der Waals surface area contributed by atoms with Crippen molar-refractivity contribution in [2.75, 3.05) is 5.32 Å². The van der Waals surface area contributed by atoms with E-state index < -0.39 is 0 Å². The Morgan fingerprint density at radius 2 is 2.04 bits per heavy atom. The highest BCUT2D eigenvalue weighted by molar-refractivity contribution is 6.04. The molecule has 116 valence electrons. The molecule has 0 fully saturated rings. The van der Waals surface area contributed by atoms with Gasteiger partial charge >= 0.3 is 0 Å². The zero-order chi connectivity index (χ0) is 16.2. The third-order valence-electron chi connectivity index (χ3n) is 3.27. The van der Waals surface area contributed by atoms with Crippen LogP contribution < -0.4 is 5.32 Å².